The van der Waals surface area contributed by atoms with Crippen molar-refractivity contribution in [1.29, 1.82) is 0 Å². The fourth-order valence-electron chi connectivity index (χ4n) is 3.27. The van der Waals surface area contributed by atoms with E-state index in [4.69, 9.17) is 16.3 Å². The summed E-state index contributed by atoms with van der Waals surface area (Å²) in [6, 6.07) is 8.46. The summed E-state index contributed by atoms with van der Waals surface area (Å²) in [6.07, 6.45) is 1.37. The number of ether oxygens (including phenoxy) is 1. The Bertz CT molecular complexity index is 464. The van der Waals surface area contributed by atoms with Gasteiger partial charge < -0.3 is 10.1 Å². The average molecular weight is 311 g/mol. The van der Waals surface area contributed by atoms with E-state index in [1.165, 1.54) is 5.56 Å². The number of nitrogens with one attached hydrogen (secondary N) is 1. The molecule has 0 amide bonds. The lowest BCUT2D eigenvalue weighted by Gasteiger charge is -2.42. The number of rotatable bonds is 5. The monoisotopic (exact) mass is 310 g/mol. The van der Waals surface area contributed by atoms with E-state index in [0.29, 0.717) is 12.1 Å². The predicted octanol–water partition coefficient (Wildman–Crippen LogP) is 3.49. The van der Waals surface area contributed by atoms with E-state index in [9.17, 15) is 0 Å². The maximum atomic E-state index is 6.10. The summed E-state index contributed by atoms with van der Waals surface area (Å²) in [7, 11) is 2.01. The van der Waals surface area contributed by atoms with E-state index in [1.54, 1.807) is 0 Å². The highest BCUT2D eigenvalue weighted by molar-refractivity contribution is 6.30. The fourth-order valence-corrected chi connectivity index (χ4v) is 3.47. The van der Waals surface area contributed by atoms with E-state index in [1.807, 2.05) is 19.2 Å². The molecular weight excluding hydrogens is 284 g/mol. The van der Waals surface area contributed by atoms with E-state index in [2.05, 4.69) is 43.1 Å². The van der Waals surface area contributed by atoms with Gasteiger partial charge in [-0.15, -0.1) is 0 Å². The van der Waals surface area contributed by atoms with Crippen LogP contribution in [0.25, 0.3) is 0 Å². The molecule has 2 rings (SSSR count). The van der Waals surface area contributed by atoms with Crippen molar-refractivity contribution in [2.24, 2.45) is 0 Å². The van der Waals surface area contributed by atoms with Gasteiger partial charge in [-0.1, -0.05) is 23.7 Å². The van der Waals surface area contributed by atoms with Crippen molar-refractivity contribution in [3.63, 3.8) is 0 Å². The van der Waals surface area contributed by atoms with Gasteiger partial charge in [-0.2, -0.15) is 0 Å². The minimum Gasteiger partial charge on any atom is -0.370 e. The zero-order valence-electron chi connectivity index (χ0n) is 13.5. The second-order valence-corrected chi connectivity index (χ2v) is 7.04. The maximum Gasteiger partial charge on any atom is 0.0757 e. The average Bonchev–Trinajstić information content (AvgIpc) is 2.37. The number of halogens is 1. The first kappa shape index (κ1) is 16.8. The Morgan fingerprint density at radius 1 is 1.48 bits per heavy atom. The summed E-state index contributed by atoms with van der Waals surface area (Å²) in [6.45, 7) is 9.55. The summed E-state index contributed by atoms with van der Waals surface area (Å²) in [4.78, 5) is 2.50. The lowest BCUT2D eigenvalue weighted by molar-refractivity contribution is -0.129. The van der Waals surface area contributed by atoms with Crippen LogP contribution >= 0.6 is 11.6 Å². The molecule has 1 N–H and O–H groups in total. The number of benzene rings is 1. The largest absolute Gasteiger partial charge is 0.370 e. The molecule has 1 saturated heterocycles. The molecule has 0 spiro atoms. The number of hydrogen-bond acceptors (Lipinski definition) is 3. The molecule has 4 heteroatoms. The van der Waals surface area contributed by atoms with Crippen LogP contribution in [0.15, 0.2) is 24.3 Å². The van der Waals surface area contributed by atoms with Crippen molar-refractivity contribution in [2.75, 3.05) is 26.7 Å². The molecular formula is C17H27ClN2O. The van der Waals surface area contributed by atoms with Crippen LogP contribution in [0, 0.1) is 0 Å². The Labute approximate surface area is 133 Å². The third kappa shape index (κ3) is 4.96. The smallest absolute Gasteiger partial charge is 0.0757 e. The molecule has 1 aromatic rings. The Balaban J connectivity index is 1.94. The van der Waals surface area contributed by atoms with Crippen LogP contribution < -0.4 is 5.32 Å². The van der Waals surface area contributed by atoms with Crippen LogP contribution in [-0.4, -0.2) is 43.3 Å². The maximum absolute atomic E-state index is 6.10. The fraction of sp³-hybridized carbons (Fsp3) is 0.647. The van der Waals surface area contributed by atoms with Crippen LogP contribution in [0.1, 0.15) is 38.8 Å². The van der Waals surface area contributed by atoms with Gasteiger partial charge in [-0.05, 0) is 51.9 Å². The Morgan fingerprint density at radius 3 is 2.86 bits per heavy atom. The standard InChI is InChI=1S/C17H27ClN2O/c1-13-11-20(12-17(2,3)21-13)9-8-16(19-4)14-6-5-7-15(18)10-14/h5-7,10,13,16,19H,8-9,11-12H2,1-4H3. The summed E-state index contributed by atoms with van der Waals surface area (Å²) in [5.41, 5.74) is 1.20. The van der Waals surface area contributed by atoms with Crippen LogP contribution in [-0.2, 0) is 4.74 Å². The van der Waals surface area contributed by atoms with Gasteiger partial charge in [0.1, 0.15) is 0 Å². The lowest BCUT2D eigenvalue weighted by Crippen LogP contribution is -2.52. The molecule has 2 atom stereocenters. The Morgan fingerprint density at radius 2 is 2.24 bits per heavy atom. The van der Waals surface area contributed by atoms with Crippen molar-refractivity contribution in [3.05, 3.63) is 34.9 Å². The molecule has 0 bridgehead atoms. The van der Waals surface area contributed by atoms with Crippen molar-refractivity contribution >= 4 is 11.6 Å². The second-order valence-electron chi connectivity index (χ2n) is 6.61. The zero-order valence-corrected chi connectivity index (χ0v) is 14.3. The number of hydrogen-bond donors (Lipinski definition) is 1. The van der Waals surface area contributed by atoms with Crippen LogP contribution in [0.3, 0.4) is 0 Å². The molecule has 1 fully saturated rings. The molecule has 2 unspecified atom stereocenters. The first-order chi connectivity index (χ1) is 9.89. The molecule has 0 radical (unpaired) electrons. The van der Waals surface area contributed by atoms with Gasteiger partial charge in [0, 0.05) is 30.7 Å². The van der Waals surface area contributed by atoms with Gasteiger partial charge in [-0.3, -0.25) is 4.90 Å². The second kappa shape index (κ2) is 7.10. The quantitative estimate of drug-likeness (QED) is 0.901. The molecule has 1 aliphatic rings. The zero-order chi connectivity index (χ0) is 15.5. The molecule has 118 valence electrons. The Hall–Kier alpha value is -0.610. The third-order valence-electron chi connectivity index (χ3n) is 3.97. The topological polar surface area (TPSA) is 24.5 Å². The van der Waals surface area contributed by atoms with Crippen LogP contribution in [0.2, 0.25) is 5.02 Å². The molecule has 1 heterocycles. The van der Waals surface area contributed by atoms with Gasteiger partial charge in [0.15, 0.2) is 0 Å². The van der Waals surface area contributed by atoms with Gasteiger partial charge in [0.05, 0.1) is 11.7 Å². The van der Waals surface area contributed by atoms with E-state index in [0.717, 1.165) is 31.1 Å². The van der Waals surface area contributed by atoms with Crippen molar-refractivity contribution < 1.29 is 4.74 Å². The highest BCUT2D eigenvalue weighted by Gasteiger charge is 2.31. The lowest BCUT2D eigenvalue weighted by atomic mass is 10.0. The molecule has 3 nitrogen and oxygen atoms in total. The normalized spacial score (nSPS) is 24.0. The number of nitrogens with zero attached hydrogens (tertiary/aromatic N) is 1. The van der Waals surface area contributed by atoms with E-state index >= 15 is 0 Å². The predicted molar refractivity (Wildman–Crippen MR) is 88.9 cm³/mol. The first-order valence-corrected chi connectivity index (χ1v) is 8.10. The highest BCUT2D eigenvalue weighted by Crippen LogP contribution is 2.24. The number of morpholine rings is 1. The van der Waals surface area contributed by atoms with E-state index in [-0.39, 0.29) is 5.60 Å². The van der Waals surface area contributed by atoms with Crippen LogP contribution in [0.5, 0.6) is 0 Å². The molecule has 21 heavy (non-hydrogen) atoms. The summed E-state index contributed by atoms with van der Waals surface area (Å²) in [5.74, 6) is 0. The summed E-state index contributed by atoms with van der Waals surface area (Å²) >= 11 is 6.10. The summed E-state index contributed by atoms with van der Waals surface area (Å²) < 4.78 is 5.96. The first-order valence-electron chi connectivity index (χ1n) is 7.72. The molecule has 1 aliphatic heterocycles. The van der Waals surface area contributed by atoms with Gasteiger partial charge in [-0.25, -0.2) is 0 Å². The third-order valence-corrected chi connectivity index (χ3v) is 4.21. The molecule has 1 aromatic carbocycles. The molecule has 0 saturated carbocycles. The highest BCUT2D eigenvalue weighted by atomic mass is 35.5. The van der Waals surface area contributed by atoms with Crippen molar-refractivity contribution in [2.45, 2.75) is 44.9 Å². The van der Waals surface area contributed by atoms with Gasteiger partial charge in [0.2, 0.25) is 0 Å². The SMILES string of the molecule is CNC(CCN1CC(C)OC(C)(C)C1)c1cccc(Cl)c1. The minimum atomic E-state index is -0.0527. The molecule has 0 aromatic heterocycles. The van der Waals surface area contributed by atoms with Gasteiger partial charge in [0.25, 0.3) is 0 Å². The summed E-state index contributed by atoms with van der Waals surface area (Å²) in [5, 5.41) is 4.20. The van der Waals surface area contributed by atoms with E-state index < -0.39 is 0 Å². The Kier molecular flexibility index (Phi) is 5.67. The van der Waals surface area contributed by atoms with Crippen molar-refractivity contribution in [1.82, 2.24) is 10.2 Å². The van der Waals surface area contributed by atoms with Gasteiger partial charge >= 0.3 is 0 Å². The minimum absolute atomic E-state index is 0.0527. The molecule has 0 aliphatic carbocycles. The van der Waals surface area contributed by atoms with Crippen molar-refractivity contribution in [3.8, 4) is 0 Å². The van der Waals surface area contributed by atoms with Crippen LogP contribution in [0.4, 0.5) is 0 Å².